The molecule has 19 heavy (non-hydrogen) atoms. The molecule has 5 N–H and O–H groups in total. The summed E-state index contributed by atoms with van der Waals surface area (Å²) in [7, 11) is -3.37. The molecular weight excluding hydrogens is 272 g/mol. The number of sulfonamides is 1. The molecule has 1 amide bonds. The maximum Gasteiger partial charge on any atom is 0.230 e. The van der Waals surface area contributed by atoms with Crippen molar-refractivity contribution in [2.24, 2.45) is 16.8 Å². The number of nitrogens with two attached hydrogens (primary N) is 1. The third-order valence-corrected chi connectivity index (χ3v) is 3.29. The van der Waals surface area contributed by atoms with Gasteiger partial charge < -0.3 is 16.3 Å². The average molecular weight is 294 g/mol. The Kier molecular flexibility index (Phi) is 6.23. The number of carbonyl (C=O) groups excluding carboxylic acids is 1. The summed E-state index contributed by atoms with van der Waals surface area (Å²) < 4.78 is 24.7. The third-order valence-electron chi connectivity index (χ3n) is 2.36. The van der Waals surface area contributed by atoms with Crippen molar-refractivity contribution < 1.29 is 18.4 Å². The zero-order valence-corrected chi connectivity index (χ0v) is 12.4. The van der Waals surface area contributed by atoms with Crippen LogP contribution in [0.2, 0.25) is 0 Å². The number of carbonyl (C=O) groups is 1. The summed E-state index contributed by atoms with van der Waals surface area (Å²) in [5.41, 5.74) is 4.57. The Morgan fingerprint density at radius 1 is 1.47 bits per heavy atom. The van der Waals surface area contributed by atoms with E-state index in [0.717, 1.165) is 6.26 Å². The van der Waals surface area contributed by atoms with Gasteiger partial charge in [-0.05, 0) is 20.3 Å². The van der Waals surface area contributed by atoms with Gasteiger partial charge in [0.2, 0.25) is 15.9 Å². The maximum atomic E-state index is 11.8. The molecular formula is C10H22N4O4S. The molecule has 1 atom stereocenters. The Hall–Kier alpha value is -1.35. The number of amides is 1. The Balaban J connectivity index is 4.59. The van der Waals surface area contributed by atoms with Gasteiger partial charge in [-0.3, -0.25) is 4.79 Å². The van der Waals surface area contributed by atoms with Crippen molar-refractivity contribution >= 4 is 21.8 Å². The lowest BCUT2D eigenvalue weighted by atomic mass is 10.0. The first-order chi connectivity index (χ1) is 8.52. The fourth-order valence-corrected chi connectivity index (χ4v) is 2.64. The van der Waals surface area contributed by atoms with E-state index in [4.69, 9.17) is 10.9 Å². The van der Waals surface area contributed by atoms with Gasteiger partial charge in [-0.2, -0.15) is 0 Å². The fourth-order valence-electron chi connectivity index (χ4n) is 1.57. The molecule has 0 aromatic rings. The normalized spacial score (nSPS) is 15.1. The van der Waals surface area contributed by atoms with Gasteiger partial charge in [-0.15, -0.1) is 0 Å². The average Bonchev–Trinajstić information content (AvgIpc) is 2.24. The van der Waals surface area contributed by atoms with Gasteiger partial charge in [0.05, 0.1) is 12.2 Å². The van der Waals surface area contributed by atoms with E-state index in [2.05, 4.69) is 15.2 Å². The Morgan fingerprint density at radius 2 is 2.00 bits per heavy atom. The number of oxime groups is 1. The molecule has 0 aliphatic carbocycles. The molecule has 0 heterocycles. The number of hydrogen-bond acceptors (Lipinski definition) is 5. The minimum atomic E-state index is -3.37. The number of nitrogens with one attached hydrogen (secondary N) is 2. The van der Waals surface area contributed by atoms with Crippen LogP contribution in [0.5, 0.6) is 0 Å². The van der Waals surface area contributed by atoms with Crippen molar-refractivity contribution in [1.29, 1.82) is 0 Å². The van der Waals surface area contributed by atoms with Crippen molar-refractivity contribution in [1.82, 2.24) is 10.0 Å². The number of hydrogen-bond donors (Lipinski definition) is 4. The van der Waals surface area contributed by atoms with Gasteiger partial charge in [-0.25, -0.2) is 13.1 Å². The fraction of sp³-hybridized carbons (Fsp3) is 0.800. The lowest BCUT2D eigenvalue weighted by Crippen LogP contribution is -2.52. The van der Waals surface area contributed by atoms with Crippen LogP contribution in [0.3, 0.4) is 0 Å². The molecule has 9 heteroatoms. The van der Waals surface area contributed by atoms with Crippen LogP contribution >= 0.6 is 0 Å². The SMILES string of the molecule is CCC(C(=O)NCC(C)(C)NS(C)(=O)=O)C(N)=NO. The van der Waals surface area contributed by atoms with E-state index in [-0.39, 0.29) is 12.4 Å². The smallest absolute Gasteiger partial charge is 0.230 e. The van der Waals surface area contributed by atoms with Gasteiger partial charge in [0, 0.05) is 12.1 Å². The van der Waals surface area contributed by atoms with E-state index in [1.54, 1.807) is 20.8 Å². The van der Waals surface area contributed by atoms with E-state index in [1.807, 2.05) is 0 Å². The predicted molar refractivity (Wildman–Crippen MR) is 72.3 cm³/mol. The zero-order chi connectivity index (χ0) is 15.3. The quantitative estimate of drug-likeness (QED) is 0.211. The zero-order valence-electron chi connectivity index (χ0n) is 11.6. The minimum Gasteiger partial charge on any atom is -0.409 e. The van der Waals surface area contributed by atoms with Gasteiger partial charge in [0.25, 0.3) is 0 Å². The summed E-state index contributed by atoms with van der Waals surface area (Å²) in [5.74, 6) is -1.32. The second-order valence-corrected chi connectivity index (χ2v) is 6.71. The summed E-state index contributed by atoms with van der Waals surface area (Å²) in [6.07, 6.45) is 1.42. The maximum absolute atomic E-state index is 11.8. The number of nitrogens with zero attached hydrogens (tertiary/aromatic N) is 1. The summed E-state index contributed by atoms with van der Waals surface area (Å²) in [6.45, 7) is 5.09. The van der Waals surface area contributed by atoms with E-state index in [1.165, 1.54) is 0 Å². The van der Waals surface area contributed by atoms with Crippen LogP contribution < -0.4 is 15.8 Å². The first-order valence-electron chi connectivity index (χ1n) is 5.76. The van der Waals surface area contributed by atoms with Gasteiger partial charge in [0.1, 0.15) is 0 Å². The third kappa shape index (κ3) is 6.97. The van der Waals surface area contributed by atoms with Crippen molar-refractivity contribution in [3.63, 3.8) is 0 Å². The molecule has 0 saturated carbocycles. The first kappa shape index (κ1) is 17.6. The summed E-state index contributed by atoms with van der Waals surface area (Å²) >= 11 is 0. The molecule has 0 radical (unpaired) electrons. The molecule has 0 aromatic carbocycles. The van der Waals surface area contributed by atoms with Crippen molar-refractivity contribution in [2.45, 2.75) is 32.7 Å². The van der Waals surface area contributed by atoms with Crippen molar-refractivity contribution in [3.05, 3.63) is 0 Å². The molecule has 1 unspecified atom stereocenters. The van der Waals surface area contributed by atoms with E-state index in [0.29, 0.717) is 6.42 Å². The minimum absolute atomic E-state index is 0.0914. The van der Waals surface area contributed by atoms with Gasteiger partial charge >= 0.3 is 0 Å². The Morgan fingerprint density at radius 3 is 2.37 bits per heavy atom. The van der Waals surface area contributed by atoms with Crippen LogP contribution in [0.1, 0.15) is 27.2 Å². The first-order valence-corrected chi connectivity index (χ1v) is 7.65. The number of amidine groups is 1. The molecule has 112 valence electrons. The van der Waals surface area contributed by atoms with Crippen LogP contribution in [0.25, 0.3) is 0 Å². The second kappa shape index (κ2) is 6.71. The number of rotatable bonds is 7. The topological polar surface area (TPSA) is 134 Å². The highest BCUT2D eigenvalue weighted by atomic mass is 32.2. The van der Waals surface area contributed by atoms with Crippen LogP contribution in [0.4, 0.5) is 0 Å². The van der Waals surface area contributed by atoms with E-state index in [9.17, 15) is 13.2 Å². The molecule has 0 rings (SSSR count). The monoisotopic (exact) mass is 294 g/mol. The highest BCUT2D eigenvalue weighted by Gasteiger charge is 2.26. The van der Waals surface area contributed by atoms with Crippen molar-refractivity contribution in [2.75, 3.05) is 12.8 Å². The second-order valence-electron chi connectivity index (χ2n) is 4.96. The molecule has 8 nitrogen and oxygen atoms in total. The lowest BCUT2D eigenvalue weighted by Gasteiger charge is -2.26. The van der Waals surface area contributed by atoms with Crippen LogP contribution in [-0.2, 0) is 14.8 Å². The highest BCUT2D eigenvalue weighted by Crippen LogP contribution is 2.06. The summed E-state index contributed by atoms with van der Waals surface area (Å²) in [5, 5.41) is 13.9. The Bertz CT molecular complexity index is 444. The molecule has 0 fully saturated rings. The van der Waals surface area contributed by atoms with Crippen LogP contribution in [0.15, 0.2) is 5.16 Å². The molecule has 0 spiro atoms. The lowest BCUT2D eigenvalue weighted by molar-refractivity contribution is -0.123. The van der Waals surface area contributed by atoms with E-state index < -0.39 is 27.4 Å². The largest absolute Gasteiger partial charge is 0.409 e. The standard InChI is InChI=1S/C10H22N4O4S/c1-5-7(8(11)13-16)9(15)12-6-10(2,3)14-19(4,17)18/h7,14,16H,5-6H2,1-4H3,(H2,11,13)(H,12,15). The molecule has 0 saturated heterocycles. The van der Waals surface area contributed by atoms with Crippen LogP contribution in [-0.4, -0.2) is 43.7 Å². The Labute approximate surface area is 113 Å². The van der Waals surface area contributed by atoms with E-state index >= 15 is 0 Å². The molecule has 0 aliphatic rings. The van der Waals surface area contributed by atoms with Crippen molar-refractivity contribution in [3.8, 4) is 0 Å². The molecule has 0 bridgehead atoms. The molecule has 0 aromatic heterocycles. The summed E-state index contributed by atoms with van der Waals surface area (Å²) in [6, 6.07) is 0. The van der Waals surface area contributed by atoms with Crippen LogP contribution in [0, 0.1) is 5.92 Å². The predicted octanol–water partition coefficient (Wildman–Crippen LogP) is -0.797. The molecule has 0 aliphatic heterocycles. The highest BCUT2D eigenvalue weighted by molar-refractivity contribution is 7.88. The van der Waals surface area contributed by atoms with Gasteiger partial charge in [-0.1, -0.05) is 12.1 Å². The van der Waals surface area contributed by atoms with Gasteiger partial charge in [0.15, 0.2) is 5.84 Å². The summed E-state index contributed by atoms with van der Waals surface area (Å²) in [4.78, 5) is 11.8.